The Morgan fingerprint density at radius 2 is 1.96 bits per heavy atom. The first-order valence-electron chi connectivity index (χ1n) is 7.92. The average molecular weight is 348 g/mol. The Hall–Kier alpha value is -2.16. The minimum Gasteiger partial charge on any atom is -0.357 e. The molecule has 2 heterocycles. The summed E-state index contributed by atoms with van der Waals surface area (Å²) in [5, 5.41) is 6.27. The Labute approximate surface area is 144 Å². The first-order chi connectivity index (χ1) is 11.5. The third-order valence-corrected chi connectivity index (χ3v) is 4.74. The summed E-state index contributed by atoms with van der Waals surface area (Å²) in [6.07, 6.45) is 5.35. The van der Waals surface area contributed by atoms with Crippen LogP contribution in [0.2, 0.25) is 0 Å². The number of aromatic nitrogens is 3. The summed E-state index contributed by atoms with van der Waals surface area (Å²) in [5.74, 6) is -0.179. The van der Waals surface area contributed by atoms with E-state index in [0.29, 0.717) is 23.5 Å². The number of carbonyl (C=O) groups is 2. The molecule has 2 unspecified atom stereocenters. The lowest BCUT2D eigenvalue weighted by Crippen LogP contribution is -2.24. The van der Waals surface area contributed by atoms with Crippen LogP contribution in [0.3, 0.4) is 0 Å². The summed E-state index contributed by atoms with van der Waals surface area (Å²) in [7, 11) is 1.70. The fraction of sp³-hybridized carbons (Fsp3) is 0.533. The lowest BCUT2D eigenvalue weighted by molar-refractivity contribution is -0.133. The molecular weight excluding hydrogens is 328 g/mol. The molecule has 1 saturated heterocycles. The molecule has 0 saturated carbocycles. The molecular formula is C15H20N6O2S. The van der Waals surface area contributed by atoms with Crippen LogP contribution in [-0.2, 0) is 9.59 Å². The Morgan fingerprint density at radius 1 is 1.21 bits per heavy atom. The quantitative estimate of drug-likeness (QED) is 0.471. The van der Waals surface area contributed by atoms with Crippen molar-refractivity contribution in [2.75, 3.05) is 17.7 Å². The largest absolute Gasteiger partial charge is 0.357 e. The molecule has 1 aliphatic carbocycles. The topological polar surface area (TPSA) is 100 Å². The van der Waals surface area contributed by atoms with Crippen LogP contribution >= 0.6 is 11.9 Å². The molecule has 0 radical (unpaired) electrons. The second-order valence-corrected chi connectivity index (χ2v) is 6.93. The molecule has 2 amide bonds. The van der Waals surface area contributed by atoms with Crippen molar-refractivity contribution in [3.05, 3.63) is 12.2 Å². The molecule has 9 heteroatoms. The summed E-state index contributed by atoms with van der Waals surface area (Å²) in [5.41, 5.74) is 0. The summed E-state index contributed by atoms with van der Waals surface area (Å²) in [6, 6.07) is 0.151. The molecule has 3 rings (SSSR count). The Balaban J connectivity index is 1.84. The van der Waals surface area contributed by atoms with E-state index in [1.807, 2.05) is 26.0 Å². The fourth-order valence-electron chi connectivity index (χ4n) is 2.76. The summed E-state index contributed by atoms with van der Waals surface area (Å²) < 4.78 is 1.19. The van der Waals surface area contributed by atoms with Crippen LogP contribution in [0, 0.1) is 11.8 Å². The standard InChI is InChI=1S/C15H20N6O2S/c1-8(2)17-14-18-13(16-3)19-15(20-14)24-21-11(22)9-6-4-5-7-10(9)12(21)23/h4,6,8-10H,5,7H2,1-3H3,(H2,16,17,18,19,20). The van der Waals surface area contributed by atoms with Crippen molar-refractivity contribution in [3.8, 4) is 0 Å². The Bertz CT molecular complexity index is 693. The third kappa shape index (κ3) is 3.21. The van der Waals surface area contributed by atoms with Crippen LogP contribution in [0.15, 0.2) is 17.3 Å². The highest BCUT2D eigenvalue weighted by Crippen LogP contribution is 2.39. The van der Waals surface area contributed by atoms with Gasteiger partial charge in [0.25, 0.3) is 0 Å². The van der Waals surface area contributed by atoms with Gasteiger partial charge in [0.1, 0.15) is 0 Å². The van der Waals surface area contributed by atoms with Crippen LogP contribution in [0.1, 0.15) is 26.7 Å². The van der Waals surface area contributed by atoms with Gasteiger partial charge >= 0.3 is 0 Å². The lowest BCUT2D eigenvalue weighted by Gasteiger charge is -2.14. The van der Waals surface area contributed by atoms with Crippen LogP contribution in [0.5, 0.6) is 0 Å². The molecule has 0 bridgehead atoms. The van der Waals surface area contributed by atoms with Crippen LogP contribution < -0.4 is 10.6 Å². The highest BCUT2D eigenvalue weighted by Gasteiger charge is 2.47. The first kappa shape index (κ1) is 16.7. The zero-order valence-electron chi connectivity index (χ0n) is 13.8. The fourth-order valence-corrected chi connectivity index (χ4v) is 3.62. The van der Waals surface area contributed by atoms with Gasteiger partial charge in [0.15, 0.2) is 0 Å². The highest BCUT2D eigenvalue weighted by atomic mass is 32.2. The highest BCUT2D eigenvalue weighted by molar-refractivity contribution is 7.97. The van der Waals surface area contributed by atoms with Gasteiger partial charge in [0.05, 0.1) is 11.8 Å². The SMILES string of the molecule is CNc1nc(NC(C)C)nc(SN2C(=O)C3C=CCCC3C2=O)n1. The van der Waals surface area contributed by atoms with E-state index in [-0.39, 0.29) is 29.7 Å². The van der Waals surface area contributed by atoms with Crippen LogP contribution in [-0.4, -0.2) is 44.2 Å². The van der Waals surface area contributed by atoms with Crippen molar-refractivity contribution < 1.29 is 9.59 Å². The van der Waals surface area contributed by atoms with Crippen molar-refractivity contribution >= 4 is 35.7 Å². The van der Waals surface area contributed by atoms with E-state index >= 15 is 0 Å². The van der Waals surface area contributed by atoms with Gasteiger partial charge in [-0.2, -0.15) is 15.0 Å². The number of hydrogen-bond donors (Lipinski definition) is 2. The first-order valence-corrected chi connectivity index (χ1v) is 8.69. The second-order valence-electron chi connectivity index (χ2n) is 6.01. The number of allylic oxidation sites excluding steroid dienone is 1. The van der Waals surface area contributed by atoms with E-state index in [9.17, 15) is 9.59 Å². The Morgan fingerprint density at radius 3 is 2.62 bits per heavy atom. The van der Waals surface area contributed by atoms with Gasteiger partial charge in [-0.3, -0.25) is 9.59 Å². The average Bonchev–Trinajstić information content (AvgIpc) is 2.79. The van der Waals surface area contributed by atoms with Crippen molar-refractivity contribution in [2.45, 2.75) is 37.9 Å². The molecule has 1 aliphatic heterocycles. The molecule has 1 aromatic rings. The van der Waals surface area contributed by atoms with Gasteiger partial charge in [0.2, 0.25) is 28.9 Å². The smallest absolute Gasteiger partial charge is 0.247 e. The van der Waals surface area contributed by atoms with Crippen LogP contribution in [0.25, 0.3) is 0 Å². The van der Waals surface area contributed by atoms with E-state index in [1.165, 1.54) is 4.31 Å². The maximum Gasteiger partial charge on any atom is 0.247 e. The van der Waals surface area contributed by atoms with Crippen molar-refractivity contribution in [2.24, 2.45) is 11.8 Å². The molecule has 2 aliphatic rings. The van der Waals surface area contributed by atoms with Gasteiger partial charge in [0, 0.05) is 25.0 Å². The summed E-state index contributed by atoms with van der Waals surface area (Å²) in [6.45, 7) is 3.94. The molecule has 8 nitrogen and oxygen atoms in total. The van der Waals surface area contributed by atoms with Crippen LogP contribution in [0.4, 0.5) is 11.9 Å². The summed E-state index contributed by atoms with van der Waals surface area (Å²) >= 11 is 0.962. The number of hydrogen-bond acceptors (Lipinski definition) is 8. The van der Waals surface area contributed by atoms with E-state index in [0.717, 1.165) is 18.4 Å². The van der Waals surface area contributed by atoms with Gasteiger partial charge in [-0.05, 0) is 26.7 Å². The predicted molar refractivity (Wildman–Crippen MR) is 91.2 cm³/mol. The van der Waals surface area contributed by atoms with E-state index in [4.69, 9.17) is 0 Å². The number of fused-ring (bicyclic) bond motifs is 1. The number of imide groups is 1. The number of carbonyl (C=O) groups excluding carboxylic acids is 2. The molecule has 24 heavy (non-hydrogen) atoms. The number of anilines is 2. The molecule has 1 fully saturated rings. The minimum absolute atomic E-state index is 0.151. The monoisotopic (exact) mass is 348 g/mol. The van der Waals surface area contributed by atoms with Gasteiger partial charge in [-0.25, -0.2) is 4.31 Å². The molecule has 128 valence electrons. The van der Waals surface area contributed by atoms with Gasteiger partial charge < -0.3 is 10.6 Å². The molecule has 2 atom stereocenters. The zero-order valence-corrected chi connectivity index (χ0v) is 14.6. The van der Waals surface area contributed by atoms with Gasteiger partial charge in [-0.1, -0.05) is 12.2 Å². The molecule has 1 aromatic heterocycles. The third-order valence-electron chi connectivity index (χ3n) is 3.85. The van der Waals surface area contributed by atoms with Crippen molar-refractivity contribution in [1.82, 2.24) is 19.3 Å². The van der Waals surface area contributed by atoms with E-state index < -0.39 is 0 Å². The Kier molecular flexibility index (Phi) is 4.70. The maximum atomic E-state index is 12.5. The van der Waals surface area contributed by atoms with Crippen molar-refractivity contribution in [3.63, 3.8) is 0 Å². The minimum atomic E-state index is -0.349. The molecule has 0 aromatic carbocycles. The normalized spacial score (nSPS) is 22.9. The van der Waals surface area contributed by atoms with E-state index in [2.05, 4.69) is 25.6 Å². The van der Waals surface area contributed by atoms with Gasteiger partial charge in [-0.15, -0.1) is 0 Å². The zero-order chi connectivity index (χ0) is 17.3. The number of amides is 2. The molecule has 0 spiro atoms. The second kappa shape index (κ2) is 6.76. The number of nitrogens with one attached hydrogen (secondary N) is 2. The van der Waals surface area contributed by atoms with Crippen molar-refractivity contribution in [1.29, 1.82) is 0 Å². The number of nitrogens with zero attached hydrogens (tertiary/aromatic N) is 4. The van der Waals surface area contributed by atoms with E-state index in [1.54, 1.807) is 7.05 Å². The number of rotatable bonds is 5. The summed E-state index contributed by atoms with van der Waals surface area (Å²) in [4.78, 5) is 37.8. The maximum absolute atomic E-state index is 12.5. The lowest BCUT2D eigenvalue weighted by atomic mass is 9.86. The predicted octanol–water partition coefficient (Wildman–Crippen LogP) is 1.69. The molecule has 2 N–H and O–H groups in total.